The topological polar surface area (TPSA) is 82.1 Å². The van der Waals surface area contributed by atoms with Crippen LogP contribution in [0.1, 0.15) is 69.4 Å². The number of aliphatic carboxylic acids is 1. The van der Waals surface area contributed by atoms with Crippen molar-refractivity contribution in [3.8, 4) is 11.5 Å². The Morgan fingerprint density at radius 2 is 1.11 bits per heavy atom. The van der Waals surface area contributed by atoms with Gasteiger partial charge in [0.15, 0.2) is 0 Å². The smallest absolute Gasteiger partial charge is 0.305 e. The van der Waals surface area contributed by atoms with Gasteiger partial charge >= 0.3 is 11.9 Å². The van der Waals surface area contributed by atoms with Gasteiger partial charge in [-0.05, 0) is 81.3 Å². The number of ether oxygens (including phenoxy) is 1. The van der Waals surface area contributed by atoms with Crippen LogP contribution in [0.3, 0.4) is 0 Å². The minimum atomic E-state index is -1.19. The van der Waals surface area contributed by atoms with Crippen molar-refractivity contribution in [1.82, 2.24) is 0 Å². The molecule has 0 saturated heterocycles. The molecule has 0 unspecified atom stereocenters. The van der Waals surface area contributed by atoms with Gasteiger partial charge in [0.2, 0.25) is 18.1 Å². The van der Waals surface area contributed by atoms with Crippen LogP contribution in [0.5, 0.6) is 11.5 Å². The van der Waals surface area contributed by atoms with Crippen molar-refractivity contribution in [2.45, 2.75) is 89.9 Å². The van der Waals surface area contributed by atoms with Crippen molar-refractivity contribution in [3.05, 3.63) is 59.7 Å². The van der Waals surface area contributed by atoms with Gasteiger partial charge < -0.3 is 18.7 Å². The van der Waals surface area contributed by atoms with E-state index in [-0.39, 0.29) is 19.0 Å². The summed E-state index contributed by atoms with van der Waals surface area (Å²) in [5.41, 5.74) is 1.61. The highest BCUT2D eigenvalue weighted by Gasteiger charge is 2.31. The van der Waals surface area contributed by atoms with Gasteiger partial charge in [-0.25, -0.2) is 0 Å². The van der Waals surface area contributed by atoms with E-state index < -0.39 is 29.5 Å². The highest BCUT2D eigenvalue weighted by molar-refractivity contribution is 6.49. The van der Waals surface area contributed by atoms with Gasteiger partial charge in [-0.3, -0.25) is 9.59 Å². The second kappa shape index (κ2) is 15.6. The Morgan fingerprint density at radius 3 is 1.51 bits per heavy atom. The summed E-state index contributed by atoms with van der Waals surface area (Å²) in [6, 6.07) is 16.3. The minimum Gasteiger partial charge on any atom is -0.547 e. The number of hydrogen-bond acceptors (Lipinski definition) is 5. The summed E-state index contributed by atoms with van der Waals surface area (Å²) in [6.45, 7) is 10.9. The summed E-state index contributed by atoms with van der Waals surface area (Å²) in [5.74, 6) is 0.822. The van der Waals surface area contributed by atoms with Crippen LogP contribution in [0, 0.1) is 0 Å². The lowest BCUT2D eigenvalue weighted by Crippen LogP contribution is -2.31. The molecule has 0 aromatic heterocycles. The van der Waals surface area contributed by atoms with Crippen LogP contribution in [0.25, 0.3) is 0 Å². The number of carboxylic acids is 1. The van der Waals surface area contributed by atoms with Gasteiger partial charge in [-0.2, -0.15) is 0 Å². The standard InChI is InChI=1S/C29H44O6Si2/c1-29(23-14-18-25(19-15-23)34-36(2)3,24-16-20-26(21-17-24)35-37(4)5)22-33-28(32)13-11-9-7-6-8-10-12-27(30)31/h14-21,36-37H,6-13,22H2,1-5H3,(H,30,31). The average Bonchev–Trinajstić information content (AvgIpc) is 2.84. The SMILES string of the molecule is C[SiH](C)Oc1ccc(C(C)(COC(=O)CCCCCCCCC(=O)O)c2ccc(O[SiH](C)C)cc2)cc1. The third-order valence-corrected chi connectivity index (χ3v) is 7.76. The fraction of sp³-hybridized carbons (Fsp3) is 0.517. The number of rotatable bonds is 17. The number of esters is 1. The zero-order valence-electron chi connectivity index (χ0n) is 23.1. The van der Waals surface area contributed by atoms with Crippen LogP contribution >= 0.6 is 0 Å². The maximum absolute atomic E-state index is 12.6. The van der Waals surface area contributed by atoms with Crippen LogP contribution in [-0.4, -0.2) is 41.7 Å². The van der Waals surface area contributed by atoms with E-state index in [0.717, 1.165) is 61.2 Å². The van der Waals surface area contributed by atoms with Crippen molar-refractivity contribution in [2.24, 2.45) is 0 Å². The van der Waals surface area contributed by atoms with Crippen molar-refractivity contribution in [2.75, 3.05) is 6.61 Å². The Bertz CT molecular complexity index is 904. The van der Waals surface area contributed by atoms with Gasteiger partial charge in [-0.1, -0.05) is 49.9 Å². The molecule has 0 bridgehead atoms. The number of unbranched alkanes of at least 4 members (excludes halogenated alkanes) is 5. The molecule has 0 radical (unpaired) electrons. The quantitative estimate of drug-likeness (QED) is 0.140. The molecule has 204 valence electrons. The third kappa shape index (κ3) is 11.1. The third-order valence-electron chi connectivity index (χ3n) is 6.27. The molecule has 0 aliphatic carbocycles. The first-order chi connectivity index (χ1) is 17.6. The number of benzene rings is 2. The van der Waals surface area contributed by atoms with E-state index in [1.54, 1.807) is 0 Å². The van der Waals surface area contributed by atoms with Gasteiger partial charge in [0, 0.05) is 12.8 Å². The first kappa shape index (κ1) is 30.6. The molecule has 0 atom stereocenters. The Kier molecular flexibility index (Phi) is 12.9. The van der Waals surface area contributed by atoms with Crippen molar-refractivity contribution < 1.29 is 28.3 Å². The molecule has 2 aromatic rings. The molecular weight excluding hydrogens is 500 g/mol. The Hall–Kier alpha value is -2.59. The van der Waals surface area contributed by atoms with Crippen LogP contribution in [0.2, 0.25) is 26.2 Å². The first-order valence-corrected chi connectivity index (χ1v) is 19.1. The summed E-state index contributed by atoms with van der Waals surface area (Å²) in [4.78, 5) is 23.2. The molecule has 0 aliphatic heterocycles. The lowest BCUT2D eigenvalue weighted by atomic mass is 9.77. The van der Waals surface area contributed by atoms with Crippen molar-refractivity contribution in [3.63, 3.8) is 0 Å². The lowest BCUT2D eigenvalue weighted by molar-refractivity contribution is -0.145. The monoisotopic (exact) mass is 544 g/mol. The van der Waals surface area contributed by atoms with Gasteiger partial charge in [0.05, 0.1) is 5.41 Å². The van der Waals surface area contributed by atoms with E-state index in [9.17, 15) is 9.59 Å². The van der Waals surface area contributed by atoms with Crippen LogP contribution in [0.4, 0.5) is 0 Å². The highest BCUT2D eigenvalue weighted by atomic mass is 28.3. The minimum absolute atomic E-state index is 0.186. The van der Waals surface area contributed by atoms with E-state index >= 15 is 0 Å². The second-order valence-electron chi connectivity index (χ2n) is 10.4. The van der Waals surface area contributed by atoms with Crippen LogP contribution in [-0.2, 0) is 19.7 Å². The Morgan fingerprint density at radius 1 is 0.703 bits per heavy atom. The van der Waals surface area contributed by atoms with Gasteiger partial charge in [0.25, 0.3) is 0 Å². The molecule has 2 rings (SSSR count). The molecule has 1 N–H and O–H groups in total. The van der Waals surface area contributed by atoms with Gasteiger partial charge in [0.1, 0.15) is 18.1 Å². The maximum atomic E-state index is 12.6. The normalized spacial score (nSPS) is 11.5. The van der Waals surface area contributed by atoms with Gasteiger partial charge in [-0.15, -0.1) is 0 Å². The second-order valence-corrected chi connectivity index (χ2v) is 15.1. The summed E-state index contributed by atoms with van der Waals surface area (Å²) in [5, 5.41) is 8.70. The molecule has 6 nitrogen and oxygen atoms in total. The van der Waals surface area contributed by atoms with E-state index in [4.69, 9.17) is 18.7 Å². The molecule has 37 heavy (non-hydrogen) atoms. The van der Waals surface area contributed by atoms with Crippen LogP contribution in [0.15, 0.2) is 48.5 Å². The van der Waals surface area contributed by atoms with Crippen molar-refractivity contribution >= 4 is 30.0 Å². The predicted molar refractivity (Wildman–Crippen MR) is 154 cm³/mol. The maximum Gasteiger partial charge on any atom is 0.305 e. The first-order valence-electron chi connectivity index (χ1n) is 13.5. The van der Waals surface area contributed by atoms with E-state index in [1.165, 1.54) is 0 Å². The molecule has 2 aromatic carbocycles. The molecule has 0 aliphatic rings. The zero-order valence-corrected chi connectivity index (χ0v) is 25.4. The summed E-state index contributed by atoms with van der Waals surface area (Å²) < 4.78 is 17.7. The molecule has 0 spiro atoms. The number of hydrogen-bond donors (Lipinski definition) is 1. The average molecular weight is 545 g/mol. The van der Waals surface area contributed by atoms with Crippen molar-refractivity contribution in [1.29, 1.82) is 0 Å². The molecular formula is C29H44O6Si2. The highest BCUT2D eigenvalue weighted by Crippen LogP contribution is 2.35. The largest absolute Gasteiger partial charge is 0.547 e. The zero-order chi connectivity index (χ0) is 27.3. The summed E-state index contributed by atoms with van der Waals surface area (Å²) >= 11 is 0. The summed E-state index contributed by atoms with van der Waals surface area (Å²) in [6.07, 6.45) is 5.99. The number of carbonyl (C=O) groups is 2. The molecule has 0 saturated carbocycles. The molecule has 0 fully saturated rings. The van der Waals surface area contributed by atoms with E-state index in [2.05, 4.69) is 57.4 Å². The lowest BCUT2D eigenvalue weighted by Gasteiger charge is -2.31. The Labute approximate surface area is 225 Å². The molecule has 0 heterocycles. The number of carboxylic acid groups (broad SMARTS) is 1. The predicted octanol–water partition coefficient (Wildman–Crippen LogP) is 6.47. The van der Waals surface area contributed by atoms with E-state index in [0.29, 0.717) is 6.42 Å². The van der Waals surface area contributed by atoms with Crippen LogP contribution < -0.4 is 8.85 Å². The van der Waals surface area contributed by atoms with E-state index in [1.807, 2.05) is 24.3 Å². The Balaban J connectivity index is 2.00. The fourth-order valence-electron chi connectivity index (χ4n) is 4.23. The molecule has 0 amide bonds. The summed E-state index contributed by atoms with van der Waals surface area (Å²) in [7, 11) is -2.38. The number of carbonyl (C=O) groups excluding carboxylic acids is 1. The molecule has 8 heteroatoms. The fourth-order valence-corrected chi connectivity index (χ4v) is 5.63.